The van der Waals surface area contributed by atoms with Gasteiger partial charge in [0.15, 0.2) is 17.5 Å². The number of fused-ring (bicyclic) bond motifs is 6. The molecule has 224 valence electrons. The fourth-order valence-corrected chi connectivity index (χ4v) is 7.68. The fourth-order valence-electron chi connectivity index (χ4n) is 6.59. The molecule has 0 bridgehead atoms. The van der Waals surface area contributed by atoms with Crippen molar-refractivity contribution in [1.82, 2.24) is 19.9 Å². The molecule has 0 unspecified atom stereocenters. The number of aromatic nitrogens is 4. The van der Waals surface area contributed by atoms with Crippen molar-refractivity contribution in [1.29, 1.82) is 0 Å². The Balaban J connectivity index is 1.28. The monoisotopic (exact) mass is 632 g/mol. The molecule has 0 aliphatic rings. The average molecular weight is 633 g/mol. The van der Waals surface area contributed by atoms with E-state index in [-0.39, 0.29) is 0 Å². The van der Waals surface area contributed by atoms with Crippen LogP contribution in [-0.4, -0.2) is 19.9 Å². The molecule has 7 aromatic carbocycles. The molecule has 10 rings (SSSR count). The van der Waals surface area contributed by atoms with Gasteiger partial charge >= 0.3 is 0 Å². The van der Waals surface area contributed by atoms with Crippen LogP contribution in [0, 0.1) is 0 Å². The quantitative estimate of drug-likeness (QED) is 0.193. The zero-order valence-corrected chi connectivity index (χ0v) is 26.3. The van der Waals surface area contributed by atoms with Crippen LogP contribution in [0.15, 0.2) is 150 Å². The largest absolute Gasteiger partial charge is 0.456 e. The lowest BCUT2D eigenvalue weighted by Crippen LogP contribution is -2.00. The maximum atomic E-state index is 6.47. The SMILES string of the molecule is c1ccc(-c2nc(-c3ccc4ccccc4c3)nc(-c3c4sc(-c5ccc6ccccc6c5)nc4cc4oc5ccccc5c34)n2)cc1. The number of benzene rings is 7. The van der Waals surface area contributed by atoms with Crippen molar-refractivity contribution in [3.05, 3.63) is 146 Å². The first-order chi connectivity index (χ1) is 23.7. The Morgan fingerprint density at radius 3 is 1.81 bits per heavy atom. The highest BCUT2D eigenvalue weighted by molar-refractivity contribution is 7.22. The predicted octanol–water partition coefficient (Wildman–Crippen LogP) is 11.4. The van der Waals surface area contributed by atoms with Crippen molar-refractivity contribution < 1.29 is 4.42 Å². The second-order valence-electron chi connectivity index (χ2n) is 11.9. The van der Waals surface area contributed by atoms with Gasteiger partial charge in [-0.05, 0) is 39.7 Å². The molecular formula is C42H24N4OS. The van der Waals surface area contributed by atoms with Crippen molar-refractivity contribution in [3.8, 4) is 44.7 Å². The molecule has 0 aliphatic heterocycles. The molecule has 0 N–H and O–H groups in total. The van der Waals surface area contributed by atoms with Gasteiger partial charge in [0.1, 0.15) is 16.2 Å². The lowest BCUT2D eigenvalue weighted by atomic mass is 10.0. The highest BCUT2D eigenvalue weighted by Gasteiger charge is 2.23. The van der Waals surface area contributed by atoms with E-state index >= 15 is 0 Å². The minimum Gasteiger partial charge on any atom is -0.456 e. The van der Waals surface area contributed by atoms with Gasteiger partial charge in [0.05, 0.1) is 15.8 Å². The second-order valence-corrected chi connectivity index (χ2v) is 12.9. The Kier molecular flexibility index (Phi) is 5.98. The minimum absolute atomic E-state index is 0.586. The summed E-state index contributed by atoms with van der Waals surface area (Å²) in [5, 5.41) is 7.60. The van der Waals surface area contributed by atoms with Crippen LogP contribution in [-0.2, 0) is 0 Å². The van der Waals surface area contributed by atoms with Gasteiger partial charge in [-0.15, -0.1) is 11.3 Å². The highest BCUT2D eigenvalue weighted by Crippen LogP contribution is 2.45. The summed E-state index contributed by atoms with van der Waals surface area (Å²) in [6.45, 7) is 0. The van der Waals surface area contributed by atoms with Crippen molar-refractivity contribution in [2.75, 3.05) is 0 Å². The molecule has 0 aliphatic carbocycles. The number of thiazole rings is 1. The van der Waals surface area contributed by atoms with E-state index in [2.05, 4.69) is 97.1 Å². The zero-order valence-electron chi connectivity index (χ0n) is 25.5. The van der Waals surface area contributed by atoms with Gasteiger partial charge in [0.25, 0.3) is 0 Å². The second kappa shape index (κ2) is 10.7. The summed E-state index contributed by atoms with van der Waals surface area (Å²) in [6.07, 6.45) is 0. The van der Waals surface area contributed by atoms with Gasteiger partial charge in [-0.1, -0.05) is 121 Å². The van der Waals surface area contributed by atoms with E-state index in [1.165, 1.54) is 16.2 Å². The molecule has 0 atom stereocenters. The van der Waals surface area contributed by atoms with Crippen LogP contribution in [0.3, 0.4) is 0 Å². The lowest BCUT2D eigenvalue weighted by molar-refractivity contribution is 0.669. The number of hydrogen-bond acceptors (Lipinski definition) is 6. The van der Waals surface area contributed by atoms with E-state index in [9.17, 15) is 0 Å². The number of hydrogen-bond donors (Lipinski definition) is 0. The summed E-state index contributed by atoms with van der Waals surface area (Å²) in [4.78, 5) is 20.6. The van der Waals surface area contributed by atoms with Gasteiger partial charge in [-0.3, -0.25) is 0 Å². The van der Waals surface area contributed by atoms with E-state index in [0.29, 0.717) is 17.5 Å². The van der Waals surface area contributed by atoms with Gasteiger partial charge in [-0.25, -0.2) is 19.9 Å². The molecule has 3 aromatic heterocycles. The topological polar surface area (TPSA) is 64.7 Å². The van der Waals surface area contributed by atoms with Gasteiger partial charge in [-0.2, -0.15) is 0 Å². The zero-order chi connectivity index (χ0) is 31.6. The summed E-state index contributed by atoms with van der Waals surface area (Å²) in [5.41, 5.74) is 6.23. The summed E-state index contributed by atoms with van der Waals surface area (Å²) in [6, 6.07) is 49.9. The Hall–Kier alpha value is -6.24. The molecular weight excluding hydrogens is 609 g/mol. The van der Waals surface area contributed by atoms with Gasteiger partial charge in [0, 0.05) is 33.5 Å². The number of rotatable bonds is 4. The Labute approximate surface area is 278 Å². The third-order valence-electron chi connectivity index (χ3n) is 8.92. The third-order valence-corrected chi connectivity index (χ3v) is 10.1. The molecule has 10 aromatic rings. The molecule has 0 amide bonds. The maximum Gasteiger partial charge on any atom is 0.166 e. The predicted molar refractivity (Wildman–Crippen MR) is 197 cm³/mol. The normalized spacial score (nSPS) is 11.8. The molecule has 6 heteroatoms. The number of nitrogens with zero attached hydrogens (tertiary/aromatic N) is 4. The third kappa shape index (κ3) is 4.38. The molecule has 0 fully saturated rings. The number of para-hydroxylation sites is 1. The first-order valence-corrected chi connectivity index (χ1v) is 16.6. The van der Waals surface area contributed by atoms with Crippen LogP contribution < -0.4 is 0 Å². The first-order valence-electron chi connectivity index (χ1n) is 15.8. The summed E-state index contributed by atoms with van der Waals surface area (Å²) in [7, 11) is 0. The molecule has 0 saturated carbocycles. The Bertz CT molecular complexity index is 2860. The average Bonchev–Trinajstić information content (AvgIpc) is 3.75. The molecule has 0 saturated heterocycles. The van der Waals surface area contributed by atoms with E-state index in [1.807, 2.05) is 48.5 Å². The fraction of sp³-hybridized carbons (Fsp3) is 0. The van der Waals surface area contributed by atoms with Crippen LogP contribution in [0.25, 0.3) is 98.4 Å². The number of furan rings is 1. The lowest BCUT2D eigenvalue weighted by Gasteiger charge is -2.10. The van der Waals surface area contributed by atoms with Crippen molar-refractivity contribution in [3.63, 3.8) is 0 Å². The van der Waals surface area contributed by atoms with Crippen LogP contribution >= 0.6 is 11.3 Å². The van der Waals surface area contributed by atoms with Crippen LogP contribution in [0.2, 0.25) is 0 Å². The van der Waals surface area contributed by atoms with E-state index in [0.717, 1.165) is 64.8 Å². The highest BCUT2D eigenvalue weighted by atomic mass is 32.1. The van der Waals surface area contributed by atoms with Crippen LogP contribution in [0.4, 0.5) is 0 Å². The van der Waals surface area contributed by atoms with Crippen LogP contribution in [0.5, 0.6) is 0 Å². The summed E-state index contributed by atoms with van der Waals surface area (Å²) in [5.74, 6) is 1.81. The summed E-state index contributed by atoms with van der Waals surface area (Å²) >= 11 is 1.66. The molecule has 5 nitrogen and oxygen atoms in total. The van der Waals surface area contributed by atoms with E-state index < -0.39 is 0 Å². The van der Waals surface area contributed by atoms with Gasteiger partial charge < -0.3 is 4.42 Å². The minimum atomic E-state index is 0.586. The van der Waals surface area contributed by atoms with Crippen molar-refractivity contribution in [2.45, 2.75) is 0 Å². The van der Waals surface area contributed by atoms with E-state index in [4.69, 9.17) is 24.4 Å². The van der Waals surface area contributed by atoms with Gasteiger partial charge in [0.2, 0.25) is 0 Å². The molecule has 48 heavy (non-hydrogen) atoms. The molecule has 0 radical (unpaired) electrons. The smallest absolute Gasteiger partial charge is 0.166 e. The Morgan fingerprint density at radius 2 is 1.04 bits per heavy atom. The molecule has 3 heterocycles. The first kappa shape index (κ1) is 26.9. The Morgan fingerprint density at radius 1 is 0.438 bits per heavy atom. The van der Waals surface area contributed by atoms with Crippen molar-refractivity contribution >= 4 is 65.0 Å². The van der Waals surface area contributed by atoms with Crippen LogP contribution in [0.1, 0.15) is 0 Å². The summed E-state index contributed by atoms with van der Waals surface area (Å²) < 4.78 is 7.47. The maximum absolute atomic E-state index is 6.47. The molecule has 0 spiro atoms. The van der Waals surface area contributed by atoms with E-state index in [1.54, 1.807) is 11.3 Å². The standard InChI is InChI=1S/C42H24N4OS/c1-2-12-27(13-3-1)39-44-40(30-20-18-25-10-4-6-14-28(25)22-30)46-41(45-39)37-36-32-16-8-9-17-34(32)47-35(36)24-33-38(37)48-42(43-33)31-21-19-26-11-5-7-15-29(26)23-31/h1-24H. The van der Waals surface area contributed by atoms with Crippen molar-refractivity contribution in [2.24, 2.45) is 0 Å².